The summed E-state index contributed by atoms with van der Waals surface area (Å²) in [5.41, 5.74) is 1.80. The fourth-order valence-corrected chi connectivity index (χ4v) is 3.13. The van der Waals surface area contributed by atoms with Gasteiger partial charge in [-0.25, -0.2) is 4.79 Å². The Morgan fingerprint density at radius 3 is 3.05 bits per heavy atom. The lowest BCUT2D eigenvalue weighted by atomic mass is 9.76. The summed E-state index contributed by atoms with van der Waals surface area (Å²) in [6.45, 7) is 2.14. The molecule has 0 aliphatic heterocycles. The highest BCUT2D eigenvalue weighted by atomic mass is 32.1. The number of pyridine rings is 1. The molecule has 1 amide bonds. The summed E-state index contributed by atoms with van der Waals surface area (Å²) in [6, 6.07) is 1.92. The van der Waals surface area contributed by atoms with Crippen LogP contribution in [0.4, 0.5) is 10.5 Å². The summed E-state index contributed by atoms with van der Waals surface area (Å²) in [6.07, 6.45) is 5.11. The number of rotatable bonds is 3. The van der Waals surface area contributed by atoms with Crippen molar-refractivity contribution < 1.29 is 9.90 Å². The van der Waals surface area contributed by atoms with E-state index >= 15 is 0 Å². The molecule has 1 fully saturated rings. The van der Waals surface area contributed by atoms with E-state index < -0.39 is 6.09 Å². The van der Waals surface area contributed by atoms with Gasteiger partial charge >= 0.3 is 6.09 Å². The molecular formula is C14H17N3O2S. The minimum atomic E-state index is -0.963. The molecule has 5 nitrogen and oxygen atoms in total. The molecule has 1 heterocycles. The molecule has 0 unspecified atom stereocenters. The van der Waals surface area contributed by atoms with Crippen LogP contribution in [-0.4, -0.2) is 27.4 Å². The molecule has 20 heavy (non-hydrogen) atoms. The summed E-state index contributed by atoms with van der Waals surface area (Å²) >= 11 is 4.66. The second kappa shape index (κ2) is 6.59. The highest BCUT2D eigenvalue weighted by Gasteiger charge is 2.29. The Hall–Kier alpha value is -1.78. The molecule has 2 rings (SSSR count). The van der Waals surface area contributed by atoms with E-state index in [4.69, 9.17) is 5.11 Å². The van der Waals surface area contributed by atoms with E-state index in [0.29, 0.717) is 5.92 Å². The van der Waals surface area contributed by atoms with Crippen LogP contribution in [0.15, 0.2) is 23.5 Å². The Bertz CT molecular complexity index is 543. The van der Waals surface area contributed by atoms with E-state index in [2.05, 4.69) is 39.6 Å². The van der Waals surface area contributed by atoms with Gasteiger partial charge in [-0.05, 0) is 54.9 Å². The molecule has 1 aromatic heterocycles. The van der Waals surface area contributed by atoms with Crippen LogP contribution in [0.3, 0.4) is 0 Å². The number of nitrogens with one attached hydrogen (secondary N) is 1. The van der Waals surface area contributed by atoms with Crippen molar-refractivity contribution in [2.45, 2.75) is 38.1 Å². The lowest BCUT2D eigenvalue weighted by Gasteiger charge is -2.33. The number of isothiocyanates is 1. The Labute approximate surface area is 123 Å². The van der Waals surface area contributed by atoms with Crippen LogP contribution in [0.2, 0.25) is 0 Å². The van der Waals surface area contributed by atoms with E-state index in [9.17, 15) is 4.79 Å². The van der Waals surface area contributed by atoms with Crippen molar-refractivity contribution in [2.75, 3.05) is 0 Å². The third-order valence-electron chi connectivity index (χ3n) is 3.71. The maximum Gasteiger partial charge on any atom is 0.404 e. The second-order valence-corrected chi connectivity index (χ2v) is 5.48. The SMILES string of the molecule is C[C@H]1C[C@H](NC(=O)O)C[C@@H](c2ccncc2N=C=S)C1. The Morgan fingerprint density at radius 1 is 1.55 bits per heavy atom. The highest BCUT2D eigenvalue weighted by molar-refractivity contribution is 7.78. The van der Waals surface area contributed by atoms with Crippen molar-refractivity contribution in [3.63, 3.8) is 0 Å². The summed E-state index contributed by atoms with van der Waals surface area (Å²) in [7, 11) is 0. The lowest BCUT2D eigenvalue weighted by molar-refractivity contribution is 0.179. The van der Waals surface area contributed by atoms with Crippen LogP contribution in [-0.2, 0) is 0 Å². The molecule has 0 bridgehead atoms. The van der Waals surface area contributed by atoms with Gasteiger partial charge in [-0.1, -0.05) is 6.92 Å². The molecule has 1 aromatic rings. The molecular weight excluding hydrogens is 274 g/mol. The average molecular weight is 291 g/mol. The zero-order chi connectivity index (χ0) is 14.5. The molecule has 6 heteroatoms. The van der Waals surface area contributed by atoms with Crippen molar-refractivity contribution in [2.24, 2.45) is 10.9 Å². The minimum Gasteiger partial charge on any atom is -0.465 e. The zero-order valence-corrected chi connectivity index (χ0v) is 12.1. The number of carbonyl (C=O) groups is 1. The zero-order valence-electron chi connectivity index (χ0n) is 11.2. The highest BCUT2D eigenvalue weighted by Crippen LogP contribution is 2.39. The fraction of sp³-hybridized carbons (Fsp3) is 0.500. The first-order chi connectivity index (χ1) is 9.60. The number of aromatic nitrogens is 1. The van der Waals surface area contributed by atoms with Gasteiger partial charge in [0.15, 0.2) is 0 Å². The molecule has 1 aliphatic rings. The van der Waals surface area contributed by atoms with Crippen LogP contribution in [0, 0.1) is 5.92 Å². The number of aliphatic imine (C=N–C) groups is 1. The lowest BCUT2D eigenvalue weighted by Crippen LogP contribution is -2.39. The van der Waals surface area contributed by atoms with Gasteiger partial charge in [-0.3, -0.25) is 4.98 Å². The van der Waals surface area contributed by atoms with Crippen molar-refractivity contribution >= 4 is 29.2 Å². The van der Waals surface area contributed by atoms with Crippen LogP contribution in [0.1, 0.15) is 37.7 Å². The molecule has 106 valence electrons. The summed E-state index contributed by atoms with van der Waals surface area (Å²) in [5, 5.41) is 13.9. The molecule has 2 N–H and O–H groups in total. The predicted octanol–water partition coefficient (Wildman–Crippen LogP) is 3.36. The van der Waals surface area contributed by atoms with Gasteiger partial charge < -0.3 is 10.4 Å². The Morgan fingerprint density at radius 2 is 2.35 bits per heavy atom. The topological polar surface area (TPSA) is 74.6 Å². The Kier molecular flexibility index (Phi) is 4.82. The van der Waals surface area contributed by atoms with Crippen LogP contribution in [0.5, 0.6) is 0 Å². The fourth-order valence-electron chi connectivity index (χ4n) is 3.03. The molecule has 1 aliphatic carbocycles. The normalized spacial score (nSPS) is 25.6. The molecule has 0 saturated heterocycles. The molecule has 0 spiro atoms. The smallest absolute Gasteiger partial charge is 0.404 e. The summed E-state index contributed by atoms with van der Waals surface area (Å²) < 4.78 is 0. The number of nitrogens with zero attached hydrogens (tertiary/aromatic N) is 2. The number of thiocarbonyl (C=S) groups is 1. The van der Waals surface area contributed by atoms with E-state index in [1.54, 1.807) is 12.4 Å². The summed E-state index contributed by atoms with van der Waals surface area (Å²) in [4.78, 5) is 18.9. The number of hydrogen-bond donors (Lipinski definition) is 2. The van der Waals surface area contributed by atoms with Crippen LogP contribution < -0.4 is 5.32 Å². The number of carboxylic acid groups (broad SMARTS) is 1. The van der Waals surface area contributed by atoms with Gasteiger partial charge in [-0.2, -0.15) is 4.99 Å². The van der Waals surface area contributed by atoms with E-state index in [0.717, 1.165) is 30.5 Å². The van der Waals surface area contributed by atoms with E-state index in [1.807, 2.05) is 6.07 Å². The molecule has 0 radical (unpaired) electrons. The Balaban J connectivity index is 2.23. The first kappa shape index (κ1) is 14.6. The number of amides is 1. The van der Waals surface area contributed by atoms with E-state index in [-0.39, 0.29) is 12.0 Å². The minimum absolute atomic E-state index is 0.0151. The third-order valence-corrected chi connectivity index (χ3v) is 3.80. The van der Waals surface area contributed by atoms with Gasteiger partial charge in [0.25, 0.3) is 0 Å². The van der Waals surface area contributed by atoms with Gasteiger partial charge in [0.1, 0.15) is 0 Å². The van der Waals surface area contributed by atoms with Crippen molar-refractivity contribution in [3.05, 3.63) is 24.0 Å². The number of hydrogen-bond acceptors (Lipinski definition) is 4. The summed E-state index contributed by atoms with van der Waals surface area (Å²) in [5.74, 6) is 0.726. The largest absolute Gasteiger partial charge is 0.465 e. The van der Waals surface area contributed by atoms with Crippen LogP contribution in [0.25, 0.3) is 0 Å². The quantitative estimate of drug-likeness (QED) is 0.661. The first-order valence-corrected chi connectivity index (χ1v) is 7.02. The van der Waals surface area contributed by atoms with Gasteiger partial charge in [0, 0.05) is 12.2 Å². The third kappa shape index (κ3) is 3.62. The predicted molar refractivity (Wildman–Crippen MR) is 79.6 cm³/mol. The molecule has 3 atom stereocenters. The van der Waals surface area contributed by atoms with Crippen LogP contribution >= 0.6 is 12.2 Å². The maximum absolute atomic E-state index is 10.8. The van der Waals surface area contributed by atoms with Crippen molar-refractivity contribution in [3.8, 4) is 0 Å². The second-order valence-electron chi connectivity index (χ2n) is 5.29. The van der Waals surface area contributed by atoms with Gasteiger partial charge in [-0.15, -0.1) is 0 Å². The molecule has 0 aromatic carbocycles. The molecule has 1 saturated carbocycles. The first-order valence-electron chi connectivity index (χ1n) is 6.61. The van der Waals surface area contributed by atoms with Gasteiger partial charge in [0.2, 0.25) is 0 Å². The average Bonchev–Trinajstić information content (AvgIpc) is 2.38. The monoisotopic (exact) mass is 291 g/mol. The standard InChI is InChI=1S/C14H17N3O2S/c1-9-4-10(6-11(5-9)17-14(18)19)12-2-3-15-7-13(12)16-8-20/h2-3,7,9-11,17H,4-6H2,1H3,(H,18,19)/t9-,10+,11+/m1/s1. The maximum atomic E-state index is 10.8. The van der Waals surface area contributed by atoms with Crippen molar-refractivity contribution in [1.29, 1.82) is 0 Å². The van der Waals surface area contributed by atoms with E-state index in [1.165, 1.54) is 0 Å². The van der Waals surface area contributed by atoms with Gasteiger partial charge in [0.05, 0.1) is 17.0 Å². The van der Waals surface area contributed by atoms with Crippen molar-refractivity contribution in [1.82, 2.24) is 10.3 Å².